The Balaban J connectivity index is 1.58. The van der Waals surface area contributed by atoms with E-state index in [1.54, 1.807) is 4.68 Å². The Morgan fingerprint density at radius 2 is 2.14 bits per heavy atom. The summed E-state index contributed by atoms with van der Waals surface area (Å²) < 4.78 is 7.17. The van der Waals surface area contributed by atoms with Crippen LogP contribution in [0.5, 0.6) is 0 Å². The molecule has 0 aliphatic heterocycles. The van der Waals surface area contributed by atoms with Crippen LogP contribution in [0, 0.1) is 6.92 Å². The number of nitrogens with one attached hydrogen (secondary N) is 1. The van der Waals surface area contributed by atoms with Crippen LogP contribution in [0.4, 0.5) is 0 Å². The summed E-state index contributed by atoms with van der Waals surface area (Å²) in [5.41, 5.74) is 0.932. The molecule has 0 saturated heterocycles. The van der Waals surface area contributed by atoms with E-state index in [1.807, 2.05) is 43.3 Å². The summed E-state index contributed by atoms with van der Waals surface area (Å²) in [7, 11) is 0. The molecule has 0 bridgehead atoms. The van der Waals surface area contributed by atoms with Gasteiger partial charge in [0.25, 0.3) is 0 Å². The molecule has 1 aromatic carbocycles. The van der Waals surface area contributed by atoms with Crippen molar-refractivity contribution >= 4 is 28.4 Å². The lowest BCUT2D eigenvalue weighted by Gasteiger charge is -2.05. The highest BCUT2D eigenvalue weighted by atomic mass is 35.5. The number of rotatable bonds is 5. The van der Waals surface area contributed by atoms with E-state index in [4.69, 9.17) is 16.0 Å². The summed E-state index contributed by atoms with van der Waals surface area (Å²) in [5.74, 6) is 1.53. The molecule has 114 valence electrons. The molecule has 5 nitrogen and oxygen atoms in total. The molecule has 0 fully saturated rings. The quantitative estimate of drug-likeness (QED) is 0.785. The minimum absolute atomic E-state index is 0.0512. The Morgan fingerprint density at radius 1 is 1.32 bits per heavy atom. The average molecular weight is 318 g/mol. The fourth-order valence-corrected chi connectivity index (χ4v) is 2.57. The first-order chi connectivity index (χ1) is 10.6. The fraction of sp³-hybridized carbons (Fsp3) is 0.250. The van der Waals surface area contributed by atoms with E-state index in [1.165, 1.54) is 0 Å². The number of aromatic nitrogens is 2. The Morgan fingerprint density at radius 3 is 2.91 bits per heavy atom. The van der Waals surface area contributed by atoms with Gasteiger partial charge in [-0.3, -0.25) is 9.48 Å². The topological polar surface area (TPSA) is 60.1 Å². The third-order valence-electron chi connectivity index (χ3n) is 3.42. The zero-order valence-corrected chi connectivity index (χ0v) is 12.9. The summed E-state index contributed by atoms with van der Waals surface area (Å²) in [5, 5.41) is 8.46. The van der Waals surface area contributed by atoms with Crippen LogP contribution in [0.3, 0.4) is 0 Å². The summed E-state index contributed by atoms with van der Waals surface area (Å²) in [6, 6.07) is 11.4. The van der Waals surface area contributed by atoms with Gasteiger partial charge in [0.2, 0.25) is 5.91 Å². The molecule has 0 aliphatic carbocycles. The monoisotopic (exact) mass is 317 g/mol. The maximum Gasteiger partial charge on any atom is 0.222 e. The van der Waals surface area contributed by atoms with Gasteiger partial charge >= 0.3 is 0 Å². The predicted molar refractivity (Wildman–Crippen MR) is 84.7 cm³/mol. The summed E-state index contributed by atoms with van der Waals surface area (Å²) in [4.78, 5) is 11.9. The Bertz CT molecular complexity index is 807. The zero-order chi connectivity index (χ0) is 15.5. The van der Waals surface area contributed by atoms with Crippen molar-refractivity contribution in [2.24, 2.45) is 0 Å². The number of aryl methyl sites for hydroxylation is 2. The second kappa shape index (κ2) is 6.23. The van der Waals surface area contributed by atoms with Crippen LogP contribution in [0.2, 0.25) is 5.15 Å². The van der Waals surface area contributed by atoms with Gasteiger partial charge in [0.15, 0.2) is 5.15 Å². The molecular weight excluding hydrogens is 302 g/mol. The summed E-state index contributed by atoms with van der Waals surface area (Å²) in [6.45, 7) is 2.75. The van der Waals surface area contributed by atoms with Gasteiger partial charge in [-0.05, 0) is 31.2 Å². The number of furan rings is 1. The van der Waals surface area contributed by atoms with Gasteiger partial charge in [-0.15, -0.1) is 0 Å². The highest BCUT2D eigenvalue weighted by Gasteiger charge is 2.10. The highest BCUT2D eigenvalue weighted by molar-refractivity contribution is 6.34. The Labute approximate surface area is 132 Å². The number of para-hydroxylation sites is 1. The van der Waals surface area contributed by atoms with Crippen LogP contribution < -0.4 is 5.32 Å². The van der Waals surface area contributed by atoms with Crippen molar-refractivity contribution < 1.29 is 9.21 Å². The van der Waals surface area contributed by atoms with E-state index in [0.717, 1.165) is 22.4 Å². The molecule has 0 atom stereocenters. The Hall–Kier alpha value is -2.27. The lowest BCUT2D eigenvalue weighted by Crippen LogP contribution is -2.23. The van der Waals surface area contributed by atoms with E-state index in [9.17, 15) is 4.79 Å². The molecule has 0 spiro atoms. The molecule has 6 heteroatoms. The van der Waals surface area contributed by atoms with Gasteiger partial charge < -0.3 is 9.73 Å². The maximum atomic E-state index is 11.9. The summed E-state index contributed by atoms with van der Waals surface area (Å²) in [6.07, 6.45) is 0.335. The first-order valence-electron chi connectivity index (χ1n) is 7.06. The summed E-state index contributed by atoms with van der Waals surface area (Å²) >= 11 is 6.09. The highest BCUT2D eigenvalue weighted by Crippen LogP contribution is 2.22. The van der Waals surface area contributed by atoms with E-state index in [2.05, 4.69) is 10.4 Å². The fourth-order valence-electron chi connectivity index (χ4n) is 2.32. The molecule has 1 N–H and O–H groups in total. The van der Waals surface area contributed by atoms with Crippen LogP contribution in [0.15, 0.2) is 40.8 Å². The average Bonchev–Trinajstić information content (AvgIpc) is 3.07. The van der Waals surface area contributed by atoms with E-state index in [0.29, 0.717) is 24.7 Å². The molecular formula is C16H16ClN3O2. The van der Waals surface area contributed by atoms with Gasteiger partial charge in [0.05, 0.1) is 18.6 Å². The number of halogens is 1. The number of hydrogen-bond acceptors (Lipinski definition) is 3. The molecule has 1 amide bonds. The minimum atomic E-state index is -0.0512. The van der Waals surface area contributed by atoms with Gasteiger partial charge in [-0.25, -0.2) is 0 Å². The number of fused-ring (bicyclic) bond motifs is 1. The molecule has 3 rings (SSSR count). The zero-order valence-electron chi connectivity index (χ0n) is 12.2. The van der Waals surface area contributed by atoms with Crippen molar-refractivity contribution in [3.05, 3.63) is 53.1 Å². The molecule has 0 saturated carbocycles. The van der Waals surface area contributed by atoms with Crippen molar-refractivity contribution in [1.29, 1.82) is 0 Å². The van der Waals surface area contributed by atoms with Crippen LogP contribution in [0.1, 0.15) is 17.9 Å². The molecule has 3 aromatic rings. The lowest BCUT2D eigenvalue weighted by molar-refractivity contribution is -0.121. The van der Waals surface area contributed by atoms with Crippen LogP contribution >= 0.6 is 11.6 Å². The molecule has 0 radical (unpaired) electrons. The van der Waals surface area contributed by atoms with Gasteiger partial charge in [-0.1, -0.05) is 23.7 Å². The maximum absolute atomic E-state index is 11.9. The van der Waals surface area contributed by atoms with E-state index >= 15 is 0 Å². The van der Waals surface area contributed by atoms with Crippen molar-refractivity contribution in [3.8, 4) is 0 Å². The van der Waals surface area contributed by atoms with Crippen LogP contribution in [-0.4, -0.2) is 15.7 Å². The first kappa shape index (κ1) is 14.7. The van der Waals surface area contributed by atoms with Crippen molar-refractivity contribution in [1.82, 2.24) is 15.1 Å². The minimum Gasteiger partial charge on any atom is -0.465 e. The first-order valence-corrected chi connectivity index (χ1v) is 7.44. The normalized spacial score (nSPS) is 11.0. The van der Waals surface area contributed by atoms with Crippen LogP contribution in [-0.2, 0) is 17.9 Å². The van der Waals surface area contributed by atoms with Gasteiger partial charge in [0, 0.05) is 11.8 Å². The lowest BCUT2D eigenvalue weighted by atomic mass is 10.2. The smallest absolute Gasteiger partial charge is 0.222 e. The van der Waals surface area contributed by atoms with E-state index in [-0.39, 0.29) is 5.91 Å². The second-order valence-corrected chi connectivity index (χ2v) is 5.43. The van der Waals surface area contributed by atoms with E-state index < -0.39 is 0 Å². The third-order valence-corrected chi connectivity index (χ3v) is 3.70. The standard InChI is InChI=1S/C16H16ClN3O2/c1-11-6-7-12(22-11)10-18-15(21)8-9-20-14-5-3-2-4-13(14)16(17)19-20/h2-7H,8-10H2,1H3,(H,18,21). The van der Waals surface area contributed by atoms with Crippen molar-refractivity contribution in [3.63, 3.8) is 0 Å². The predicted octanol–water partition coefficient (Wildman–Crippen LogP) is 3.30. The Kier molecular flexibility index (Phi) is 4.15. The number of amides is 1. The molecule has 0 unspecified atom stereocenters. The number of benzene rings is 1. The number of carbonyl (C=O) groups excluding carboxylic acids is 1. The molecule has 2 heterocycles. The number of carbonyl (C=O) groups is 1. The van der Waals surface area contributed by atoms with Crippen molar-refractivity contribution in [2.75, 3.05) is 0 Å². The molecule has 22 heavy (non-hydrogen) atoms. The third kappa shape index (κ3) is 3.14. The largest absolute Gasteiger partial charge is 0.465 e. The molecule has 0 aliphatic rings. The van der Waals surface area contributed by atoms with Gasteiger partial charge in [-0.2, -0.15) is 5.10 Å². The SMILES string of the molecule is Cc1ccc(CNC(=O)CCn2nc(Cl)c3ccccc32)o1. The molecule has 2 aromatic heterocycles. The van der Waals surface area contributed by atoms with Crippen molar-refractivity contribution in [2.45, 2.75) is 26.4 Å². The number of hydrogen-bond donors (Lipinski definition) is 1. The number of nitrogens with zero attached hydrogens (tertiary/aromatic N) is 2. The second-order valence-electron chi connectivity index (χ2n) is 5.07. The van der Waals surface area contributed by atoms with Crippen LogP contribution in [0.25, 0.3) is 10.9 Å². The van der Waals surface area contributed by atoms with Gasteiger partial charge in [0.1, 0.15) is 11.5 Å².